The fourth-order valence-electron chi connectivity index (χ4n) is 4.47. The van der Waals surface area contributed by atoms with Crippen LogP contribution in [-0.4, -0.2) is 28.8 Å². The van der Waals surface area contributed by atoms with Crippen LogP contribution in [0.5, 0.6) is 5.75 Å². The Kier molecular flexibility index (Phi) is 12.7. The second-order valence-corrected chi connectivity index (χ2v) is 15.3. The van der Waals surface area contributed by atoms with Gasteiger partial charge in [-0.2, -0.15) is 0 Å². The molecule has 0 fully saturated rings. The Morgan fingerprint density at radius 3 is 2.12 bits per heavy atom. The van der Waals surface area contributed by atoms with Crippen LogP contribution in [0.25, 0.3) is 33.4 Å². The summed E-state index contributed by atoms with van der Waals surface area (Å²) >= 11 is 34.3. The third-order valence-electron chi connectivity index (χ3n) is 6.51. The van der Waals surface area contributed by atoms with Gasteiger partial charge in [-0.05, 0) is 115 Å². The van der Waals surface area contributed by atoms with E-state index >= 15 is 0 Å². The number of aliphatic carboxylic acids is 1. The standard InChI is InChI=1S/C28H18Cl4I4O7/c29-18-16(17(19(30)21(32)20(18)31)28(41)42-7-5-3-1-2-4-6-14(37)38)15-10-8-12(33)24(39)22(35)26(10)43-27-11(15)9-13(34)25(40)23(27)36/h8-9,39H,1-7H2,(H,37,38). The van der Waals surface area contributed by atoms with Gasteiger partial charge in [0.15, 0.2) is 11.3 Å². The number of esters is 1. The molecular formula is C28H18Cl4I4O7. The highest BCUT2D eigenvalue weighted by Crippen LogP contribution is 2.52. The Morgan fingerprint density at radius 2 is 1.44 bits per heavy atom. The van der Waals surface area contributed by atoms with Crippen molar-refractivity contribution in [3.8, 4) is 28.2 Å². The van der Waals surface area contributed by atoms with Crippen molar-refractivity contribution < 1.29 is 29.0 Å². The maximum absolute atomic E-state index is 13.7. The molecule has 2 aromatic rings. The van der Waals surface area contributed by atoms with Crippen LogP contribution in [0.3, 0.4) is 0 Å². The number of carbonyl (C=O) groups excluding carboxylic acids is 1. The number of carboxylic acids is 1. The first-order valence-corrected chi connectivity index (χ1v) is 18.3. The first-order valence-electron chi connectivity index (χ1n) is 12.5. The number of aromatic hydroxyl groups is 1. The highest BCUT2D eigenvalue weighted by atomic mass is 127. The number of phenols is 1. The van der Waals surface area contributed by atoms with E-state index < -0.39 is 11.9 Å². The zero-order valence-electron chi connectivity index (χ0n) is 21.6. The molecule has 0 bridgehead atoms. The van der Waals surface area contributed by atoms with Gasteiger partial charge in [0, 0.05) is 28.5 Å². The van der Waals surface area contributed by atoms with E-state index in [9.17, 15) is 19.5 Å². The molecule has 0 spiro atoms. The Hall–Kier alpha value is -0.0500. The fraction of sp³-hybridized carbons (Fsp3) is 0.250. The number of phenolic OH excluding ortho intramolecular Hbond substituents is 1. The first kappa shape index (κ1) is 35.8. The smallest absolute Gasteiger partial charge is 0.340 e. The third kappa shape index (κ3) is 7.43. The molecule has 0 aromatic heterocycles. The number of carbonyl (C=O) groups is 2. The summed E-state index contributed by atoms with van der Waals surface area (Å²) in [4.78, 5) is 37.3. The number of hydrogen-bond donors (Lipinski definition) is 2. The zero-order chi connectivity index (χ0) is 31.7. The van der Waals surface area contributed by atoms with Crippen molar-refractivity contribution in [1.82, 2.24) is 0 Å². The second kappa shape index (κ2) is 15.2. The minimum Gasteiger partial charge on any atom is -0.506 e. The minimum absolute atomic E-state index is 0.00789. The normalized spacial score (nSPS) is 11.4. The van der Waals surface area contributed by atoms with E-state index in [2.05, 4.69) is 0 Å². The van der Waals surface area contributed by atoms with E-state index in [4.69, 9.17) is 60.7 Å². The van der Waals surface area contributed by atoms with Crippen molar-refractivity contribution in [2.45, 2.75) is 38.5 Å². The molecule has 2 N–H and O–H groups in total. The molecule has 228 valence electrons. The van der Waals surface area contributed by atoms with E-state index in [-0.39, 0.29) is 66.8 Å². The number of carboxylic acid groups (broad SMARTS) is 1. The molecule has 0 unspecified atom stereocenters. The van der Waals surface area contributed by atoms with Gasteiger partial charge < -0.3 is 19.4 Å². The molecule has 0 saturated carbocycles. The highest BCUT2D eigenvalue weighted by molar-refractivity contribution is 14.1. The van der Waals surface area contributed by atoms with E-state index in [1.165, 1.54) is 0 Å². The summed E-state index contributed by atoms with van der Waals surface area (Å²) in [5.41, 5.74) is 0.927. The number of rotatable bonds is 10. The van der Waals surface area contributed by atoms with Crippen LogP contribution in [-0.2, 0) is 9.53 Å². The van der Waals surface area contributed by atoms with Crippen LogP contribution in [0.15, 0.2) is 21.3 Å². The molecule has 1 aliphatic carbocycles. The number of hydrogen-bond acceptors (Lipinski definition) is 6. The molecule has 43 heavy (non-hydrogen) atoms. The van der Waals surface area contributed by atoms with E-state index in [0.717, 1.165) is 19.3 Å². The van der Waals surface area contributed by atoms with Crippen molar-refractivity contribution in [2.75, 3.05) is 6.61 Å². The van der Waals surface area contributed by atoms with Crippen molar-refractivity contribution in [2.24, 2.45) is 0 Å². The Bertz CT molecular complexity index is 1810. The Balaban J connectivity index is 1.90. The molecule has 2 aromatic carbocycles. The van der Waals surface area contributed by atoms with E-state index in [0.29, 0.717) is 43.6 Å². The predicted molar refractivity (Wildman–Crippen MR) is 203 cm³/mol. The molecule has 0 atom stereocenters. The van der Waals surface area contributed by atoms with E-state index in [1.807, 2.05) is 90.4 Å². The predicted octanol–water partition coefficient (Wildman–Crippen LogP) is 10.9. The fourth-order valence-corrected chi connectivity index (χ4v) is 9.07. The van der Waals surface area contributed by atoms with Gasteiger partial charge in [0.25, 0.3) is 0 Å². The maximum atomic E-state index is 13.7. The third-order valence-corrected chi connectivity index (χ3v) is 11.9. The SMILES string of the molecule is O=C(O)CCCCCCCOC(=O)c1c(Cl)c(Cl)c(Cl)c(Cl)c1-c1c2cc(I)c(=O)c(I)c-2oc2c(I)c(O)c(I)cc12. The maximum Gasteiger partial charge on any atom is 0.340 e. The zero-order valence-corrected chi connectivity index (χ0v) is 33.2. The lowest BCUT2D eigenvalue weighted by Crippen LogP contribution is -2.14. The van der Waals surface area contributed by atoms with Gasteiger partial charge in [-0.1, -0.05) is 65.7 Å². The van der Waals surface area contributed by atoms with Gasteiger partial charge >= 0.3 is 11.9 Å². The molecule has 0 saturated heterocycles. The quantitative estimate of drug-likeness (QED) is 0.0406. The topological polar surface area (TPSA) is 114 Å². The van der Waals surface area contributed by atoms with Gasteiger partial charge in [-0.25, -0.2) is 4.79 Å². The highest BCUT2D eigenvalue weighted by Gasteiger charge is 2.33. The summed E-state index contributed by atoms with van der Waals surface area (Å²) < 4.78 is 13.5. The lowest BCUT2D eigenvalue weighted by Gasteiger charge is -2.22. The van der Waals surface area contributed by atoms with Crippen LogP contribution in [0, 0.1) is 14.3 Å². The Labute approximate surface area is 320 Å². The first-order chi connectivity index (χ1) is 20.3. The molecule has 7 nitrogen and oxygen atoms in total. The lowest BCUT2D eigenvalue weighted by molar-refractivity contribution is -0.137. The average Bonchev–Trinajstić information content (AvgIpc) is 2.96. The molecule has 0 radical (unpaired) electrons. The monoisotopic (exact) mass is 1110 g/mol. The molecule has 1 aliphatic heterocycles. The van der Waals surface area contributed by atoms with Gasteiger partial charge in [0.2, 0.25) is 5.43 Å². The molecule has 1 heterocycles. The molecule has 0 amide bonds. The molecular weight excluding hydrogens is 1100 g/mol. The number of unbranched alkanes of at least 4 members (excludes halogenated alkanes) is 4. The summed E-state index contributed by atoms with van der Waals surface area (Å²) in [5, 5.41) is 19.6. The number of benzene rings is 3. The van der Waals surface area contributed by atoms with Crippen LogP contribution >= 0.6 is 137 Å². The van der Waals surface area contributed by atoms with E-state index in [1.54, 1.807) is 12.1 Å². The van der Waals surface area contributed by atoms with Crippen LogP contribution < -0.4 is 5.43 Å². The van der Waals surface area contributed by atoms with Crippen molar-refractivity contribution in [3.63, 3.8) is 0 Å². The van der Waals surface area contributed by atoms with Crippen LogP contribution in [0.1, 0.15) is 48.9 Å². The minimum atomic E-state index is -0.825. The van der Waals surface area contributed by atoms with Gasteiger partial charge in [-0.3, -0.25) is 9.59 Å². The molecule has 4 rings (SSSR count). The van der Waals surface area contributed by atoms with Gasteiger partial charge in [0.05, 0.1) is 43.0 Å². The van der Waals surface area contributed by atoms with Crippen LogP contribution in [0.4, 0.5) is 0 Å². The summed E-state index contributed by atoms with van der Waals surface area (Å²) in [5.74, 6) is -1.38. The van der Waals surface area contributed by atoms with Gasteiger partial charge in [0.1, 0.15) is 9.32 Å². The van der Waals surface area contributed by atoms with Gasteiger partial charge in [-0.15, -0.1) is 0 Å². The average molecular weight is 1120 g/mol. The van der Waals surface area contributed by atoms with Crippen molar-refractivity contribution in [1.29, 1.82) is 0 Å². The second-order valence-electron chi connectivity index (χ2n) is 9.31. The Morgan fingerprint density at radius 1 is 0.814 bits per heavy atom. The summed E-state index contributed by atoms with van der Waals surface area (Å²) in [6, 6.07) is 3.32. The van der Waals surface area contributed by atoms with Crippen molar-refractivity contribution >= 4 is 160 Å². The summed E-state index contributed by atoms with van der Waals surface area (Å²) in [7, 11) is 0. The summed E-state index contributed by atoms with van der Waals surface area (Å²) in [6.07, 6.45) is 3.55. The summed E-state index contributed by atoms with van der Waals surface area (Å²) in [6.45, 7) is 0.0794. The molecule has 15 heteroatoms. The largest absolute Gasteiger partial charge is 0.506 e. The number of fused-ring (bicyclic) bond motifs is 2. The lowest BCUT2D eigenvalue weighted by atomic mass is 9.90. The number of halogens is 8. The molecule has 2 aliphatic rings. The number of ether oxygens (including phenoxy) is 1. The van der Waals surface area contributed by atoms with Crippen LogP contribution in [0.2, 0.25) is 20.1 Å². The van der Waals surface area contributed by atoms with Crippen molar-refractivity contribution in [3.05, 3.63) is 62.3 Å².